The Labute approximate surface area is 167 Å². The summed E-state index contributed by atoms with van der Waals surface area (Å²) >= 11 is 1.31. The summed E-state index contributed by atoms with van der Waals surface area (Å²) in [7, 11) is -1.23. The van der Waals surface area contributed by atoms with Gasteiger partial charge in [0.15, 0.2) is 15.0 Å². The maximum atomic E-state index is 12.3. The van der Waals surface area contributed by atoms with E-state index >= 15 is 0 Å². The minimum absolute atomic E-state index is 0.0844. The zero-order chi connectivity index (χ0) is 20.5. The lowest BCUT2D eigenvalue weighted by molar-refractivity contribution is -0.138. The molecule has 0 spiro atoms. The molecule has 1 aromatic rings. The highest BCUT2D eigenvalue weighted by Gasteiger charge is 2.33. The summed E-state index contributed by atoms with van der Waals surface area (Å²) in [6.45, 7) is 3.67. The third-order valence-corrected chi connectivity index (χ3v) is 7.49. The molecule has 0 radical (unpaired) electrons. The fourth-order valence-electron chi connectivity index (χ4n) is 3.34. The standard InChI is InChI=1S/C16H23N5O5S2/c1-4-26-14(22)12-9(2)17-15(23)18-11(12)7-27-16-20-19-13(21(16)3)10-5-6-28(24,25)8-10/h9-10H,4-8H2,1-3H3,(H2,17,18,23). The molecular weight excluding hydrogens is 406 g/mol. The van der Waals surface area contributed by atoms with Crippen molar-refractivity contribution in [3.05, 3.63) is 17.1 Å². The van der Waals surface area contributed by atoms with Crippen molar-refractivity contribution in [1.29, 1.82) is 0 Å². The van der Waals surface area contributed by atoms with Gasteiger partial charge in [0, 0.05) is 24.4 Å². The van der Waals surface area contributed by atoms with E-state index in [4.69, 9.17) is 4.74 Å². The predicted octanol–water partition coefficient (Wildman–Crippen LogP) is 0.328. The topological polar surface area (TPSA) is 132 Å². The van der Waals surface area contributed by atoms with Crippen molar-refractivity contribution in [3.63, 3.8) is 0 Å². The van der Waals surface area contributed by atoms with Crippen molar-refractivity contribution in [2.45, 2.75) is 37.4 Å². The largest absolute Gasteiger partial charge is 0.463 e. The molecular formula is C16H23N5O5S2. The van der Waals surface area contributed by atoms with Crippen LogP contribution in [0.25, 0.3) is 0 Å². The molecule has 0 aliphatic carbocycles. The van der Waals surface area contributed by atoms with Crippen LogP contribution in [-0.2, 0) is 26.4 Å². The molecule has 28 heavy (non-hydrogen) atoms. The third-order valence-electron chi connectivity index (χ3n) is 4.68. The highest BCUT2D eigenvalue weighted by molar-refractivity contribution is 7.99. The SMILES string of the molecule is CCOC(=O)C1=C(CSc2nnc(C3CCS(=O)(=O)C3)n2C)NC(=O)NC1C. The van der Waals surface area contributed by atoms with Crippen LogP contribution in [0, 0.1) is 0 Å². The second kappa shape index (κ2) is 8.11. The lowest BCUT2D eigenvalue weighted by Crippen LogP contribution is -2.49. The molecule has 154 valence electrons. The van der Waals surface area contributed by atoms with Crippen LogP contribution in [0.5, 0.6) is 0 Å². The van der Waals surface area contributed by atoms with Crippen LogP contribution in [0.15, 0.2) is 16.4 Å². The van der Waals surface area contributed by atoms with Crippen LogP contribution < -0.4 is 10.6 Å². The van der Waals surface area contributed by atoms with E-state index < -0.39 is 21.8 Å². The second-order valence-corrected chi connectivity index (χ2v) is 9.89. The van der Waals surface area contributed by atoms with Gasteiger partial charge in [-0.3, -0.25) is 0 Å². The van der Waals surface area contributed by atoms with Gasteiger partial charge in [0.05, 0.1) is 29.7 Å². The molecule has 2 atom stereocenters. The number of thioether (sulfide) groups is 1. The summed E-state index contributed by atoms with van der Waals surface area (Å²) in [5.41, 5.74) is 0.839. The maximum absolute atomic E-state index is 12.3. The molecule has 2 aliphatic rings. The number of esters is 1. The molecule has 10 nitrogen and oxygen atoms in total. The number of urea groups is 1. The quantitative estimate of drug-likeness (QED) is 0.488. The zero-order valence-electron chi connectivity index (χ0n) is 15.9. The molecule has 2 unspecified atom stereocenters. The fraction of sp³-hybridized carbons (Fsp3) is 0.625. The smallest absolute Gasteiger partial charge is 0.337 e. The number of aromatic nitrogens is 3. The summed E-state index contributed by atoms with van der Waals surface area (Å²) in [6, 6.07) is -0.854. The van der Waals surface area contributed by atoms with Gasteiger partial charge in [-0.25, -0.2) is 18.0 Å². The highest BCUT2D eigenvalue weighted by Crippen LogP contribution is 2.30. The molecule has 2 aliphatic heterocycles. The first-order valence-corrected chi connectivity index (χ1v) is 11.7. The number of amides is 2. The normalized spacial score (nSPS) is 24.0. The Bertz CT molecular complexity index is 924. The van der Waals surface area contributed by atoms with E-state index in [0.29, 0.717) is 34.4 Å². The molecule has 1 fully saturated rings. The van der Waals surface area contributed by atoms with Gasteiger partial charge in [-0.05, 0) is 20.3 Å². The van der Waals surface area contributed by atoms with Gasteiger partial charge in [-0.1, -0.05) is 11.8 Å². The van der Waals surface area contributed by atoms with Gasteiger partial charge in [-0.2, -0.15) is 0 Å². The molecule has 0 saturated carbocycles. The maximum Gasteiger partial charge on any atom is 0.337 e. The van der Waals surface area contributed by atoms with Crippen molar-refractivity contribution in [3.8, 4) is 0 Å². The van der Waals surface area contributed by atoms with Crippen LogP contribution in [-0.4, -0.2) is 65.1 Å². The molecule has 2 N–H and O–H groups in total. The van der Waals surface area contributed by atoms with E-state index in [1.165, 1.54) is 11.8 Å². The Hall–Kier alpha value is -2.08. The number of nitrogens with one attached hydrogen (secondary N) is 2. The van der Waals surface area contributed by atoms with E-state index in [1.54, 1.807) is 25.5 Å². The van der Waals surface area contributed by atoms with Crippen molar-refractivity contribution in [1.82, 2.24) is 25.4 Å². The van der Waals surface area contributed by atoms with Crippen molar-refractivity contribution < 1.29 is 22.7 Å². The molecule has 2 amide bonds. The average Bonchev–Trinajstić information content (AvgIpc) is 3.14. The third kappa shape index (κ3) is 4.32. The molecule has 1 aromatic heterocycles. The first-order chi connectivity index (χ1) is 13.2. The van der Waals surface area contributed by atoms with Gasteiger partial charge in [-0.15, -0.1) is 10.2 Å². The van der Waals surface area contributed by atoms with Crippen molar-refractivity contribution >= 4 is 33.6 Å². The predicted molar refractivity (Wildman–Crippen MR) is 103 cm³/mol. The summed E-state index contributed by atoms with van der Waals surface area (Å²) in [4.78, 5) is 24.1. The van der Waals surface area contributed by atoms with Crippen LogP contribution in [0.4, 0.5) is 4.79 Å². The lowest BCUT2D eigenvalue weighted by Gasteiger charge is -2.26. The number of ether oxygens (including phenoxy) is 1. The van der Waals surface area contributed by atoms with Gasteiger partial charge in [0.1, 0.15) is 5.82 Å². The van der Waals surface area contributed by atoms with Crippen LogP contribution in [0.2, 0.25) is 0 Å². The Morgan fingerprint density at radius 2 is 2.14 bits per heavy atom. The number of nitrogens with zero attached hydrogens (tertiary/aromatic N) is 3. The monoisotopic (exact) mass is 429 g/mol. The molecule has 3 rings (SSSR count). The fourth-order valence-corrected chi connectivity index (χ4v) is 5.96. The van der Waals surface area contributed by atoms with E-state index in [2.05, 4.69) is 20.8 Å². The Balaban J connectivity index is 1.77. The Morgan fingerprint density at radius 1 is 1.39 bits per heavy atom. The number of carbonyl (C=O) groups excluding carboxylic acids is 2. The lowest BCUT2D eigenvalue weighted by atomic mass is 10.1. The molecule has 0 aromatic carbocycles. The molecule has 12 heteroatoms. The van der Waals surface area contributed by atoms with Gasteiger partial charge >= 0.3 is 12.0 Å². The molecule has 0 bridgehead atoms. The summed E-state index contributed by atoms with van der Waals surface area (Å²) in [6.07, 6.45) is 0.538. The number of sulfone groups is 1. The second-order valence-electron chi connectivity index (χ2n) is 6.72. The number of hydrogen-bond donors (Lipinski definition) is 2. The van der Waals surface area contributed by atoms with Crippen LogP contribution in [0.3, 0.4) is 0 Å². The summed E-state index contributed by atoms with van der Waals surface area (Å²) in [5, 5.41) is 14.2. The van der Waals surface area contributed by atoms with E-state index in [9.17, 15) is 18.0 Å². The summed E-state index contributed by atoms with van der Waals surface area (Å²) < 4.78 is 30.3. The van der Waals surface area contributed by atoms with Crippen LogP contribution in [0.1, 0.15) is 32.0 Å². The number of hydrogen-bond acceptors (Lipinski definition) is 8. The molecule has 3 heterocycles. The minimum Gasteiger partial charge on any atom is -0.463 e. The van der Waals surface area contributed by atoms with Gasteiger partial charge < -0.3 is 19.9 Å². The van der Waals surface area contributed by atoms with E-state index in [1.807, 2.05) is 0 Å². The van der Waals surface area contributed by atoms with Gasteiger partial charge in [0.25, 0.3) is 0 Å². The van der Waals surface area contributed by atoms with Gasteiger partial charge in [0.2, 0.25) is 0 Å². The van der Waals surface area contributed by atoms with Crippen molar-refractivity contribution in [2.24, 2.45) is 7.05 Å². The Kier molecular flexibility index (Phi) is 5.98. The van der Waals surface area contributed by atoms with Crippen molar-refractivity contribution in [2.75, 3.05) is 23.9 Å². The van der Waals surface area contributed by atoms with E-state index in [0.717, 1.165) is 0 Å². The average molecular weight is 430 g/mol. The minimum atomic E-state index is -3.02. The number of rotatable bonds is 6. The van der Waals surface area contributed by atoms with Crippen LogP contribution >= 0.6 is 11.8 Å². The first-order valence-electron chi connectivity index (χ1n) is 8.92. The summed E-state index contributed by atoms with van der Waals surface area (Å²) in [5.74, 6) is 0.533. The first kappa shape index (κ1) is 20.6. The van der Waals surface area contributed by atoms with E-state index in [-0.39, 0.29) is 30.1 Å². The highest BCUT2D eigenvalue weighted by atomic mass is 32.2. The zero-order valence-corrected chi connectivity index (χ0v) is 17.5. The Morgan fingerprint density at radius 3 is 2.79 bits per heavy atom. The number of carbonyl (C=O) groups is 2. The molecule has 1 saturated heterocycles.